The van der Waals surface area contributed by atoms with Gasteiger partial charge in [0, 0.05) is 11.8 Å². The molecule has 3 N–H and O–H groups in total. The predicted octanol–water partition coefficient (Wildman–Crippen LogP) is 2.28. The number of benzene rings is 2. The molecule has 2 atom stereocenters. The van der Waals surface area contributed by atoms with Crippen molar-refractivity contribution in [3.8, 4) is 5.75 Å². The normalized spacial score (nSPS) is 12.4. The first-order chi connectivity index (χ1) is 11.9. The molecule has 0 aromatic heterocycles. The molecule has 6 nitrogen and oxygen atoms in total. The van der Waals surface area contributed by atoms with Gasteiger partial charge in [0.05, 0.1) is 18.0 Å². The van der Waals surface area contributed by atoms with E-state index in [1.54, 1.807) is 48.5 Å². The van der Waals surface area contributed by atoms with Crippen LogP contribution >= 0.6 is 11.8 Å². The summed E-state index contributed by atoms with van der Waals surface area (Å²) in [5, 5.41) is 21.4. The van der Waals surface area contributed by atoms with Crippen LogP contribution in [0.4, 0.5) is 5.69 Å². The van der Waals surface area contributed by atoms with Crippen LogP contribution in [-0.2, 0) is 9.59 Å². The summed E-state index contributed by atoms with van der Waals surface area (Å²) in [4.78, 5) is 23.4. The Bertz CT molecular complexity index is 754. The summed E-state index contributed by atoms with van der Waals surface area (Å²) in [5.41, 5.74) is 1.20. The number of aliphatic hydroxyl groups excluding tert-OH is 1. The standard InChI is InChI=1S/C18H19NO5S.Na.H/c1-11(20)19-14-5-3-4-6-15(14)25-17(16(21)18(22)23)12-7-9-13(24-2)10-8-12;;/h3-10,16-17,21H,1-2H3,(H,19,20)(H,22,23);;. The number of aliphatic carboxylic acids is 1. The summed E-state index contributed by atoms with van der Waals surface area (Å²) in [5.74, 6) is -0.908. The molecular formula is C18H20NNaO5S. The van der Waals surface area contributed by atoms with Crippen LogP contribution in [0.5, 0.6) is 5.75 Å². The Hall–Kier alpha value is -1.51. The van der Waals surface area contributed by atoms with Crippen molar-refractivity contribution in [2.45, 2.75) is 23.2 Å². The van der Waals surface area contributed by atoms with E-state index in [0.29, 0.717) is 21.9 Å². The molecule has 0 aliphatic rings. The first-order valence-corrected chi connectivity index (χ1v) is 8.38. The Balaban J connectivity index is 0.00000338. The third kappa shape index (κ3) is 6.03. The van der Waals surface area contributed by atoms with Crippen LogP contribution in [0.15, 0.2) is 53.4 Å². The van der Waals surface area contributed by atoms with Crippen LogP contribution in [0.2, 0.25) is 0 Å². The Kier molecular flexibility index (Phi) is 9.18. The van der Waals surface area contributed by atoms with Crippen LogP contribution in [0.1, 0.15) is 17.7 Å². The van der Waals surface area contributed by atoms with Gasteiger partial charge in [-0.1, -0.05) is 24.3 Å². The molecule has 26 heavy (non-hydrogen) atoms. The van der Waals surface area contributed by atoms with Gasteiger partial charge in [-0.2, -0.15) is 0 Å². The maximum absolute atomic E-state index is 11.4. The van der Waals surface area contributed by atoms with Crippen LogP contribution in [0.25, 0.3) is 0 Å². The number of thioether (sulfide) groups is 1. The van der Waals surface area contributed by atoms with Crippen molar-refractivity contribution in [2.75, 3.05) is 12.4 Å². The number of anilines is 1. The third-order valence-corrected chi connectivity index (χ3v) is 4.83. The van der Waals surface area contributed by atoms with Crippen molar-refractivity contribution in [1.29, 1.82) is 0 Å². The molecule has 2 aromatic carbocycles. The number of carboxylic acids is 1. The molecule has 0 heterocycles. The summed E-state index contributed by atoms with van der Waals surface area (Å²) in [6, 6.07) is 13.9. The number of aliphatic hydroxyl groups is 1. The van der Waals surface area contributed by atoms with Crippen LogP contribution < -0.4 is 10.1 Å². The SMILES string of the molecule is COc1ccc(C(Sc2ccccc2NC(C)=O)C(O)C(=O)O)cc1.[NaH]. The van der Waals surface area contributed by atoms with Crippen LogP contribution in [-0.4, -0.2) is 64.9 Å². The minimum atomic E-state index is -1.61. The van der Waals surface area contributed by atoms with Crippen molar-refractivity contribution in [1.82, 2.24) is 0 Å². The fourth-order valence-corrected chi connectivity index (χ4v) is 3.45. The van der Waals surface area contributed by atoms with Crippen molar-refractivity contribution >= 4 is 58.9 Å². The molecule has 0 spiro atoms. The summed E-state index contributed by atoms with van der Waals surface area (Å²) in [6.45, 7) is 1.40. The zero-order valence-electron chi connectivity index (χ0n) is 13.8. The van der Waals surface area contributed by atoms with Crippen LogP contribution in [0.3, 0.4) is 0 Å². The average Bonchev–Trinajstić information content (AvgIpc) is 2.60. The van der Waals surface area contributed by atoms with E-state index in [9.17, 15) is 19.8 Å². The van der Waals surface area contributed by atoms with Gasteiger partial charge in [0.2, 0.25) is 5.91 Å². The second-order valence-electron chi connectivity index (χ2n) is 5.27. The van der Waals surface area contributed by atoms with Gasteiger partial charge in [-0.15, -0.1) is 11.8 Å². The van der Waals surface area contributed by atoms with Crippen molar-refractivity contribution in [2.24, 2.45) is 0 Å². The first-order valence-electron chi connectivity index (χ1n) is 7.50. The zero-order chi connectivity index (χ0) is 18.4. The van der Waals surface area contributed by atoms with Gasteiger partial charge in [0.1, 0.15) is 5.75 Å². The van der Waals surface area contributed by atoms with E-state index < -0.39 is 17.3 Å². The number of amides is 1. The second kappa shape index (κ2) is 10.6. The molecule has 0 bridgehead atoms. The molecule has 0 aliphatic heterocycles. The number of rotatable bonds is 7. The van der Waals surface area contributed by atoms with E-state index in [2.05, 4.69) is 5.32 Å². The van der Waals surface area contributed by atoms with Crippen molar-refractivity contribution in [3.05, 3.63) is 54.1 Å². The molecule has 1 amide bonds. The van der Waals surface area contributed by atoms with Crippen molar-refractivity contribution < 1.29 is 24.5 Å². The number of methoxy groups -OCH3 is 1. The molecular weight excluding hydrogens is 365 g/mol. The Morgan fingerprint density at radius 1 is 1.12 bits per heavy atom. The van der Waals surface area contributed by atoms with E-state index in [0.717, 1.165) is 0 Å². The van der Waals surface area contributed by atoms with E-state index in [4.69, 9.17) is 4.74 Å². The van der Waals surface area contributed by atoms with E-state index in [1.807, 2.05) is 0 Å². The number of carbonyl (C=O) groups is 2. The maximum atomic E-state index is 11.4. The zero-order valence-corrected chi connectivity index (χ0v) is 14.6. The van der Waals surface area contributed by atoms with E-state index >= 15 is 0 Å². The number of ether oxygens (including phenoxy) is 1. The quantitative estimate of drug-likeness (QED) is 0.500. The van der Waals surface area contributed by atoms with Gasteiger partial charge in [0.15, 0.2) is 6.10 Å². The van der Waals surface area contributed by atoms with Crippen molar-refractivity contribution in [3.63, 3.8) is 0 Å². The van der Waals surface area contributed by atoms with E-state index in [1.165, 1.54) is 25.8 Å². The topological polar surface area (TPSA) is 95.9 Å². The fourth-order valence-electron chi connectivity index (χ4n) is 2.24. The molecule has 0 saturated heterocycles. The molecule has 2 rings (SSSR count). The molecule has 0 aliphatic carbocycles. The number of para-hydroxylation sites is 1. The molecule has 0 fully saturated rings. The third-order valence-electron chi connectivity index (χ3n) is 3.44. The summed E-state index contributed by atoms with van der Waals surface area (Å²) >= 11 is 1.17. The van der Waals surface area contributed by atoms with E-state index in [-0.39, 0.29) is 35.5 Å². The number of carboxylic acid groups (broad SMARTS) is 1. The molecule has 8 heteroatoms. The number of hydrogen-bond donors (Lipinski definition) is 3. The average molecular weight is 385 g/mol. The second-order valence-corrected chi connectivity index (χ2v) is 6.46. The first kappa shape index (κ1) is 22.5. The summed E-state index contributed by atoms with van der Waals surface area (Å²) in [7, 11) is 1.54. The monoisotopic (exact) mass is 385 g/mol. The van der Waals surface area contributed by atoms with Gasteiger partial charge in [0.25, 0.3) is 0 Å². The van der Waals surface area contributed by atoms with Crippen LogP contribution in [0, 0.1) is 0 Å². The Morgan fingerprint density at radius 2 is 1.73 bits per heavy atom. The Labute approximate surface area is 178 Å². The molecule has 2 unspecified atom stereocenters. The minimum absolute atomic E-state index is 0. The Morgan fingerprint density at radius 3 is 2.27 bits per heavy atom. The van der Waals surface area contributed by atoms with Gasteiger partial charge in [-0.25, -0.2) is 4.79 Å². The number of hydrogen-bond acceptors (Lipinski definition) is 5. The summed E-state index contributed by atoms with van der Waals surface area (Å²) in [6.07, 6.45) is -1.61. The van der Waals surface area contributed by atoms with Gasteiger partial charge < -0.3 is 20.3 Å². The van der Waals surface area contributed by atoms with Gasteiger partial charge in [-0.05, 0) is 29.8 Å². The van der Waals surface area contributed by atoms with Gasteiger partial charge in [-0.3, -0.25) is 4.79 Å². The van der Waals surface area contributed by atoms with Gasteiger partial charge >= 0.3 is 35.5 Å². The molecule has 0 radical (unpaired) electrons. The number of carbonyl (C=O) groups excluding carboxylic acids is 1. The molecule has 0 saturated carbocycles. The summed E-state index contributed by atoms with van der Waals surface area (Å²) < 4.78 is 5.10. The molecule has 2 aromatic rings. The molecule has 134 valence electrons. The number of nitrogens with one attached hydrogen (secondary N) is 1. The predicted molar refractivity (Wildman–Crippen MR) is 103 cm³/mol. The fraction of sp³-hybridized carbons (Fsp3) is 0.222.